The van der Waals surface area contributed by atoms with Crippen LogP contribution in [0.1, 0.15) is 63.6 Å². The fourth-order valence-corrected chi connectivity index (χ4v) is 8.74. The number of fused-ring (bicyclic) bond motifs is 4. The van der Waals surface area contributed by atoms with Gasteiger partial charge < -0.3 is 28.4 Å². The summed E-state index contributed by atoms with van der Waals surface area (Å²) in [6, 6.07) is 28.7. The molecule has 1 aliphatic heterocycles. The van der Waals surface area contributed by atoms with Gasteiger partial charge in [0.2, 0.25) is 0 Å². The molecule has 240 valence electrons. The maximum Gasteiger partial charge on any atom is 0.175 e. The Morgan fingerprint density at radius 1 is 0.667 bits per heavy atom. The van der Waals surface area contributed by atoms with Crippen molar-refractivity contribution >= 4 is 0 Å². The van der Waals surface area contributed by atoms with Crippen molar-refractivity contribution in [2.24, 2.45) is 22.7 Å². The second-order valence-electron chi connectivity index (χ2n) is 14.4. The van der Waals surface area contributed by atoms with E-state index in [1.807, 2.05) is 24.3 Å². The average molecular weight is 613 g/mol. The van der Waals surface area contributed by atoms with E-state index in [0.717, 1.165) is 35.3 Å². The summed E-state index contributed by atoms with van der Waals surface area (Å²) >= 11 is 0. The SMILES string of the molecule is COc1ccc(COC2C(OCc3ccccc3)[C@@H](C)C3OC4(CC5CCC4(C)C5(C)C)O[C@H]3[C@H]2OCc2ccccc2)cc1. The Bertz CT molecular complexity index is 1430. The summed E-state index contributed by atoms with van der Waals surface area (Å²) in [4.78, 5) is 0. The molecule has 0 amide bonds. The van der Waals surface area contributed by atoms with E-state index in [-0.39, 0.29) is 47.3 Å². The molecule has 2 bridgehead atoms. The van der Waals surface area contributed by atoms with Crippen LogP contribution in [-0.2, 0) is 43.5 Å². The Morgan fingerprint density at radius 3 is 1.73 bits per heavy atom. The molecule has 6 heteroatoms. The van der Waals surface area contributed by atoms with E-state index in [2.05, 4.69) is 88.4 Å². The topological polar surface area (TPSA) is 55.4 Å². The van der Waals surface area contributed by atoms with Gasteiger partial charge in [0.25, 0.3) is 0 Å². The van der Waals surface area contributed by atoms with Gasteiger partial charge in [0.1, 0.15) is 24.1 Å². The number of methoxy groups -OCH3 is 1. The monoisotopic (exact) mass is 612 g/mol. The molecule has 0 aromatic heterocycles. The van der Waals surface area contributed by atoms with Crippen LogP contribution in [0.25, 0.3) is 0 Å². The van der Waals surface area contributed by atoms with Crippen molar-refractivity contribution in [2.45, 2.75) is 103 Å². The zero-order chi connectivity index (χ0) is 31.2. The molecule has 9 atom stereocenters. The number of hydrogen-bond acceptors (Lipinski definition) is 6. The summed E-state index contributed by atoms with van der Waals surface area (Å²) in [6.07, 6.45) is 1.82. The first-order valence-electron chi connectivity index (χ1n) is 16.7. The fraction of sp³-hybridized carbons (Fsp3) is 0.538. The van der Waals surface area contributed by atoms with Gasteiger partial charge in [0.15, 0.2) is 5.79 Å². The zero-order valence-electron chi connectivity index (χ0n) is 27.3. The zero-order valence-corrected chi connectivity index (χ0v) is 27.3. The maximum atomic E-state index is 7.28. The third-order valence-corrected chi connectivity index (χ3v) is 11.9. The van der Waals surface area contributed by atoms with Gasteiger partial charge in [-0.15, -0.1) is 0 Å². The van der Waals surface area contributed by atoms with Crippen molar-refractivity contribution in [3.8, 4) is 5.75 Å². The van der Waals surface area contributed by atoms with E-state index < -0.39 is 5.79 Å². The van der Waals surface area contributed by atoms with E-state index >= 15 is 0 Å². The summed E-state index contributed by atoms with van der Waals surface area (Å²) in [5.41, 5.74) is 3.37. The van der Waals surface area contributed by atoms with Crippen molar-refractivity contribution in [3.63, 3.8) is 0 Å². The van der Waals surface area contributed by atoms with Crippen molar-refractivity contribution in [2.75, 3.05) is 7.11 Å². The van der Waals surface area contributed by atoms with Crippen LogP contribution in [0.4, 0.5) is 0 Å². The Morgan fingerprint density at radius 2 is 1.20 bits per heavy atom. The van der Waals surface area contributed by atoms with Gasteiger partial charge >= 0.3 is 0 Å². The quantitative estimate of drug-likeness (QED) is 0.234. The average Bonchev–Trinajstić information content (AvgIpc) is 3.61. The van der Waals surface area contributed by atoms with E-state index in [1.54, 1.807) is 7.11 Å². The Labute approximate surface area is 268 Å². The first-order valence-corrected chi connectivity index (χ1v) is 16.7. The lowest BCUT2D eigenvalue weighted by Gasteiger charge is -2.46. The van der Waals surface area contributed by atoms with Crippen LogP contribution in [0.5, 0.6) is 5.75 Å². The predicted octanol–water partition coefficient (Wildman–Crippen LogP) is 7.73. The minimum Gasteiger partial charge on any atom is -0.497 e. The number of ether oxygens (including phenoxy) is 6. The molecule has 6 unspecified atom stereocenters. The van der Waals surface area contributed by atoms with Crippen molar-refractivity contribution in [1.82, 2.24) is 0 Å². The van der Waals surface area contributed by atoms with Crippen LogP contribution < -0.4 is 4.74 Å². The highest BCUT2D eigenvalue weighted by atomic mass is 16.8. The molecule has 4 aliphatic rings. The van der Waals surface area contributed by atoms with Crippen molar-refractivity contribution in [3.05, 3.63) is 102 Å². The van der Waals surface area contributed by atoms with Crippen LogP contribution >= 0.6 is 0 Å². The normalized spacial score (nSPS) is 36.3. The first-order chi connectivity index (χ1) is 21.7. The van der Waals surface area contributed by atoms with Gasteiger partial charge in [0, 0.05) is 17.8 Å². The summed E-state index contributed by atoms with van der Waals surface area (Å²) in [7, 11) is 1.68. The van der Waals surface area contributed by atoms with Gasteiger partial charge in [0.05, 0.1) is 39.1 Å². The van der Waals surface area contributed by atoms with E-state index in [0.29, 0.717) is 25.7 Å². The van der Waals surface area contributed by atoms with Gasteiger partial charge in [-0.2, -0.15) is 0 Å². The highest BCUT2D eigenvalue weighted by Crippen LogP contribution is 2.73. The summed E-state index contributed by atoms with van der Waals surface area (Å²) in [6.45, 7) is 10.8. The molecule has 3 aromatic carbocycles. The van der Waals surface area contributed by atoms with E-state index in [9.17, 15) is 0 Å². The molecule has 6 nitrogen and oxygen atoms in total. The van der Waals surface area contributed by atoms with E-state index in [4.69, 9.17) is 28.4 Å². The molecule has 1 heterocycles. The standard InChI is InChI=1S/C39H48O6/c1-26-32(41-23-27-12-8-6-9-13-27)34(42-25-29-16-18-31(40-5)19-17-29)35(43-24-28-14-10-7-11-15-28)36-33(26)44-39(45-36)22-30-20-21-38(39,4)37(30,2)3/h6-19,26,30,32-36H,20-25H2,1-5H3/t26-,30?,32?,33?,34?,35+,36-,38?,39?/m1/s1. The Balaban J connectivity index is 1.22. The molecule has 3 saturated carbocycles. The Hall–Kier alpha value is -2.74. The molecule has 0 radical (unpaired) electrons. The molecule has 4 fully saturated rings. The summed E-state index contributed by atoms with van der Waals surface area (Å²) in [5, 5.41) is 0. The minimum atomic E-state index is -0.633. The summed E-state index contributed by atoms with van der Waals surface area (Å²) < 4.78 is 40.5. The third kappa shape index (κ3) is 5.33. The molecule has 3 aliphatic carbocycles. The highest BCUT2D eigenvalue weighted by molar-refractivity contribution is 5.27. The fourth-order valence-electron chi connectivity index (χ4n) is 8.74. The third-order valence-electron chi connectivity index (χ3n) is 11.9. The van der Waals surface area contributed by atoms with Gasteiger partial charge in [-0.3, -0.25) is 0 Å². The molecule has 45 heavy (non-hydrogen) atoms. The molecule has 1 saturated heterocycles. The second kappa shape index (κ2) is 12.1. The Kier molecular flexibility index (Phi) is 8.32. The maximum absolute atomic E-state index is 7.28. The van der Waals surface area contributed by atoms with Crippen LogP contribution in [0.3, 0.4) is 0 Å². The van der Waals surface area contributed by atoms with Crippen LogP contribution in [0.2, 0.25) is 0 Å². The molecular formula is C39H48O6. The number of hydrogen-bond donors (Lipinski definition) is 0. The molecular weight excluding hydrogens is 564 g/mol. The second-order valence-corrected chi connectivity index (χ2v) is 14.4. The smallest absolute Gasteiger partial charge is 0.175 e. The first kappa shape index (κ1) is 30.9. The minimum absolute atomic E-state index is 0.0290. The molecule has 3 aromatic rings. The van der Waals surface area contributed by atoms with Gasteiger partial charge in [-0.1, -0.05) is 100 Å². The number of rotatable bonds is 10. The highest BCUT2D eigenvalue weighted by Gasteiger charge is 2.75. The predicted molar refractivity (Wildman–Crippen MR) is 172 cm³/mol. The largest absolute Gasteiger partial charge is 0.497 e. The van der Waals surface area contributed by atoms with Crippen molar-refractivity contribution < 1.29 is 28.4 Å². The lowest BCUT2D eigenvalue weighted by atomic mass is 9.68. The van der Waals surface area contributed by atoms with E-state index in [1.165, 1.54) is 6.42 Å². The molecule has 0 N–H and O–H groups in total. The number of benzene rings is 3. The lowest BCUT2D eigenvalue weighted by molar-refractivity contribution is -0.258. The molecule has 7 rings (SSSR count). The lowest BCUT2D eigenvalue weighted by Crippen LogP contribution is -2.61. The molecule has 1 spiro atoms. The van der Waals surface area contributed by atoms with Crippen molar-refractivity contribution in [1.29, 1.82) is 0 Å². The van der Waals surface area contributed by atoms with Gasteiger partial charge in [-0.25, -0.2) is 0 Å². The van der Waals surface area contributed by atoms with Crippen LogP contribution in [0.15, 0.2) is 84.9 Å². The summed E-state index contributed by atoms with van der Waals surface area (Å²) in [5.74, 6) is 0.798. The van der Waals surface area contributed by atoms with Crippen LogP contribution in [-0.4, -0.2) is 43.4 Å². The van der Waals surface area contributed by atoms with Crippen LogP contribution in [0, 0.1) is 22.7 Å². The van der Waals surface area contributed by atoms with Gasteiger partial charge in [-0.05, 0) is 53.0 Å².